The van der Waals surface area contributed by atoms with Crippen molar-refractivity contribution >= 4 is 5.97 Å². The van der Waals surface area contributed by atoms with E-state index in [1.54, 1.807) is 21.0 Å². The van der Waals surface area contributed by atoms with Crippen LogP contribution in [-0.2, 0) is 19.0 Å². The third-order valence-corrected chi connectivity index (χ3v) is 1.86. The lowest BCUT2D eigenvalue weighted by Crippen LogP contribution is -2.32. The molecule has 13 heavy (non-hydrogen) atoms. The van der Waals surface area contributed by atoms with E-state index in [9.17, 15) is 4.79 Å². The van der Waals surface area contributed by atoms with Gasteiger partial charge >= 0.3 is 5.97 Å². The highest BCUT2D eigenvalue weighted by molar-refractivity contribution is 5.76. The number of hydrogen-bond acceptors (Lipinski definition) is 4. The van der Waals surface area contributed by atoms with Crippen LogP contribution < -0.4 is 0 Å². The van der Waals surface area contributed by atoms with Crippen molar-refractivity contribution in [3.05, 3.63) is 0 Å². The van der Waals surface area contributed by atoms with E-state index in [1.807, 2.05) is 0 Å². The molecule has 0 radical (unpaired) electrons. The van der Waals surface area contributed by atoms with Crippen molar-refractivity contribution in [2.24, 2.45) is 5.41 Å². The largest absolute Gasteiger partial charge is 0.462 e. The van der Waals surface area contributed by atoms with E-state index in [-0.39, 0.29) is 12.1 Å². The van der Waals surface area contributed by atoms with Gasteiger partial charge in [0.25, 0.3) is 0 Å². The van der Waals surface area contributed by atoms with Gasteiger partial charge in [-0.3, -0.25) is 4.79 Å². The highest BCUT2D eigenvalue weighted by Gasteiger charge is 2.32. The van der Waals surface area contributed by atoms with Crippen molar-refractivity contribution in [2.45, 2.75) is 20.0 Å². The molecule has 0 aromatic rings. The number of hydrogen-bond donors (Lipinski definition) is 0. The van der Waals surface area contributed by atoms with E-state index in [0.717, 1.165) is 0 Å². The first-order chi connectivity index (χ1) is 6.06. The van der Waals surface area contributed by atoms with Crippen LogP contribution in [0.3, 0.4) is 0 Å². The molecule has 0 bridgehead atoms. The Balaban J connectivity index is 2.26. The molecule has 0 N–H and O–H groups in total. The standard InChI is InChI=1S/C9H16O4/c1-9(2,6-11-3)8(10)13-5-7-4-12-7/h7H,4-6H2,1-3H3. The third kappa shape index (κ3) is 3.32. The number of esters is 1. The molecule has 0 aromatic carbocycles. The molecule has 1 aliphatic rings. The minimum absolute atomic E-state index is 0.127. The summed E-state index contributed by atoms with van der Waals surface area (Å²) < 4.78 is 14.9. The Kier molecular flexibility index (Phi) is 3.27. The summed E-state index contributed by atoms with van der Waals surface area (Å²) in [7, 11) is 1.57. The zero-order valence-corrected chi connectivity index (χ0v) is 8.33. The number of methoxy groups -OCH3 is 1. The molecule has 1 rings (SSSR count). The van der Waals surface area contributed by atoms with Crippen LogP contribution in [0.2, 0.25) is 0 Å². The zero-order chi connectivity index (χ0) is 9.90. The fourth-order valence-electron chi connectivity index (χ4n) is 0.948. The van der Waals surface area contributed by atoms with Crippen LogP contribution in [0.1, 0.15) is 13.8 Å². The van der Waals surface area contributed by atoms with Crippen molar-refractivity contribution < 1.29 is 19.0 Å². The molecule has 4 nitrogen and oxygen atoms in total. The third-order valence-electron chi connectivity index (χ3n) is 1.86. The van der Waals surface area contributed by atoms with Gasteiger partial charge in [0.05, 0.1) is 18.6 Å². The van der Waals surface area contributed by atoms with Gasteiger partial charge in [-0.2, -0.15) is 0 Å². The van der Waals surface area contributed by atoms with Gasteiger partial charge in [0.2, 0.25) is 0 Å². The summed E-state index contributed by atoms with van der Waals surface area (Å²) in [6.45, 7) is 5.04. The topological polar surface area (TPSA) is 48.1 Å². The van der Waals surface area contributed by atoms with Crippen molar-refractivity contribution in [2.75, 3.05) is 26.9 Å². The molecule has 1 atom stereocenters. The molecule has 1 aliphatic heterocycles. The van der Waals surface area contributed by atoms with Crippen LogP contribution in [-0.4, -0.2) is 39.0 Å². The lowest BCUT2D eigenvalue weighted by atomic mass is 9.95. The first kappa shape index (κ1) is 10.5. The van der Waals surface area contributed by atoms with Crippen molar-refractivity contribution in [1.82, 2.24) is 0 Å². The second-order valence-electron chi connectivity index (χ2n) is 3.87. The van der Waals surface area contributed by atoms with E-state index < -0.39 is 5.41 Å². The maximum Gasteiger partial charge on any atom is 0.313 e. The zero-order valence-electron chi connectivity index (χ0n) is 8.33. The Morgan fingerprint density at radius 3 is 2.69 bits per heavy atom. The molecule has 1 fully saturated rings. The van der Waals surface area contributed by atoms with Crippen LogP contribution in [0.4, 0.5) is 0 Å². The van der Waals surface area contributed by atoms with E-state index in [2.05, 4.69) is 0 Å². The Bertz CT molecular complexity index is 184. The number of carbonyl (C=O) groups is 1. The van der Waals surface area contributed by atoms with E-state index in [1.165, 1.54) is 0 Å². The Labute approximate surface area is 78.2 Å². The Morgan fingerprint density at radius 1 is 1.62 bits per heavy atom. The first-order valence-corrected chi connectivity index (χ1v) is 4.34. The lowest BCUT2D eigenvalue weighted by molar-refractivity contribution is -0.157. The second kappa shape index (κ2) is 4.07. The van der Waals surface area contributed by atoms with E-state index in [0.29, 0.717) is 19.8 Å². The molecular formula is C9H16O4. The molecule has 4 heteroatoms. The van der Waals surface area contributed by atoms with Gasteiger partial charge in [-0.25, -0.2) is 0 Å². The molecule has 1 saturated heterocycles. The molecule has 0 saturated carbocycles. The predicted molar refractivity (Wildman–Crippen MR) is 46.4 cm³/mol. The monoisotopic (exact) mass is 188 g/mol. The van der Waals surface area contributed by atoms with Crippen LogP contribution in [0.25, 0.3) is 0 Å². The van der Waals surface area contributed by atoms with Gasteiger partial charge in [0, 0.05) is 7.11 Å². The quantitative estimate of drug-likeness (QED) is 0.468. The minimum atomic E-state index is -0.566. The number of epoxide rings is 1. The van der Waals surface area contributed by atoms with Gasteiger partial charge in [0.1, 0.15) is 12.7 Å². The molecule has 1 heterocycles. The van der Waals surface area contributed by atoms with Gasteiger partial charge in [-0.15, -0.1) is 0 Å². The lowest BCUT2D eigenvalue weighted by Gasteiger charge is -2.20. The second-order valence-corrected chi connectivity index (χ2v) is 3.87. The average Bonchev–Trinajstić information content (AvgIpc) is 2.83. The number of carbonyl (C=O) groups excluding carboxylic acids is 1. The van der Waals surface area contributed by atoms with Crippen LogP contribution >= 0.6 is 0 Å². The van der Waals surface area contributed by atoms with Gasteiger partial charge < -0.3 is 14.2 Å². The molecule has 0 spiro atoms. The Hall–Kier alpha value is -0.610. The fraction of sp³-hybridized carbons (Fsp3) is 0.889. The van der Waals surface area contributed by atoms with Gasteiger partial charge in [-0.05, 0) is 13.8 Å². The summed E-state index contributed by atoms with van der Waals surface area (Å²) in [4.78, 5) is 11.4. The number of rotatable bonds is 5. The highest BCUT2D eigenvalue weighted by atomic mass is 16.6. The van der Waals surface area contributed by atoms with Gasteiger partial charge in [-0.1, -0.05) is 0 Å². The average molecular weight is 188 g/mol. The summed E-state index contributed by atoms with van der Waals surface area (Å²) in [6.07, 6.45) is 0.127. The summed E-state index contributed by atoms with van der Waals surface area (Å²) in [5.41, 5.74) is -0.566. The predicted octanol–water partition coefficient (Wildman–Crippen LogP) is 0.601. The smallest absolute Gasteiger partial charge is 0.313 e. The first-order valence-electron chi connectivity index (χ1n) is 4.34. The van der Waals surface area contributed by atoms with Crippen LogP contribution in [0, 0.1) is 5.41 Å². The van der Waals surface area contributed by atoms with Crippen molar-refractivity contribution in [3.8, 4) is 0 Å². The van der Waals surface area contributed by atoms with Crippen LogP contribution in [0.15, 0.2) is 0 Å². The highest BCUT2D eigenvalue weighted by Crippen LogP contribution is 2.19. The van der Waals surface area contributed by atoms with Crippen LogP contribution in [0.5, 0.6) is 0 Å². The minimum Gasteiger partial charge on any atom is -0.462 e. The normalized spacial score (nSPS) is 21.3. The summed E-state index contributed by atoms with van der Waals surface area (Å²) in [5.74, 6) is -0.232. The van der Waals surface area contributed by atoms with Crippen molar-refractivity contribution in [1.29, 1.82) is 0 Å². The molecule has 0 aromatic heterocycles. The molecule has 0 amide bonds. The Morgan fingerprint density at radius 2 is 2.23 bits per heavy atom. The SMILES string of the molecule is COCC(C)(C)C(=O)OCC1CO1. The fourth-order valence-corrected chi connectivity index (χ4v) is 0.948. The van der Waals surface area contributed by atoms with E-state index in [4.69, 9.17) is 14.2 Å². The van der Waals surface area contributed by atoms with E-state index >= 15 is 0 Å². The van der Waals surface area contributed by atoms with Crippen molar-refractivity contribution in [3.63, 3.8) is 0 Å². The molecule has 0 aliphatic carbocycles. The maximum absolute atomic E-state index is 11.4. The maximum atomic E-state index is 11.4. The molecule has 1 unspecified atom stereocenters. The summed E-state index contributed by atoms with van der Waals surface area (Å²) >= 11 is 0. The van der Waals surface area contributed by atoms with Gasteiger partial charge in [0.15, 0.2) is 0 Å². The molecule has 76 valence electrons. The summed E-state index contributed by atoms with van der Waals surface area (Å²) in [5, 5.41) is 0. The summed E-state index contributed by atoms with van der Waals surface area (Å²) in [6, 6.07) is 0. The molecular weight excluding hydrogens is 172 g/mol. The number of ether oxygens (including phenoxy) is 3.